The molecule has 1 aromatic heterocycles. The van der Waals surface area contributed by atoms with Crippen molar-refractivity contribution in [1.29, 1.82) is 0 Å². The average molecular weight is 487 g/mol. The van der Waals surface area contributed by atoms with E-state index in [0.717, 1.165) is 5.56 Å². The fourth-order valence-corrected chi connectivity index (χ4v) is 4.19. The van der Waals surface area contributed by atoms with Gasteiger partial charge in [0.15, 0.2) is 5.82 Å². The Morgan fingerprint density at radius 2 is 1.83 bits per heavy atom. The molecule has 1 aliphatic heterocycles. The molecule has 0 spiro atoms. The van der Waals surface area contributed by atoms with Crippen molar-refractivity contribution < 1.29 is 9.72 Å². The predicted octanol–water partition coefficient (Wildman–Crippen LogP) is 5.43. The lowest BCUT2D eigenvalue weighted by molar-refractivity contribution is -0.384. The molecule has 0 unspecified atom stereocenters. The summed E-state index contributed by atoms with van der Waals surface area (Å²) in [7, 11) is 0. The molecule has 0 aliphatic carbocycles. The standard InChI is InChI=1S/C25H19ClN6O3/c1-15-21(24(33)28-19-8-3-2-4-9-19)22(16-10-12-20(13-11-16)32(34)35)31-25(27-15)29-23(30-31)17-6-5-7-18(26)14-17/h2-14,22H,1H3,(H,28,33)(H,27,29,30)/t22-/m0/s1. The number of carbonyl (C=O) groups is 1. The highest BCUT2D eigenvalue weighted by atomic mass is 35.5. The number of para-hydroxylation sites is 1. The molecule has 0 saturated carbocycles. The summed E-state index contributed by atoms with van der Waals surface area (Å²) in [6.45, 7) is 1.79. The molecule has 3 aromatic carbocycles. The van der Waals surface area contributed by atoms with Gasteiger partial charge in [0.1, 0.15) is 6.04 Å². The van der Waals surface area contributed by atoms with Crippen LogP contribution in [0.15, 0.2) is 90.1 Å². The van der Waals surface area contributed by atoms with E-state index in [2.05, 4.69) is 20.7 Å². The van der Waals surface area contributed by atoms with E-state index in [1.165, 1.54) is 12.1 Å². The van der Waals surface area contributed by atoms with E-state index in [0.29, 0.717) is 39.3 Å². The summed E-state index contributed by atoms with van der Waals surface area (Å²) in [5, 5.41) is 22.5. The number of rotatable bonds is 5. The first-order valence-corrected chi connectivity index (χ1v) is 11.1. The third-order valence-electron chi connectivity index (χ3n) is 5.63. The number of nitro benzene ring substituents is 1. The van der Waals surface area contributed by atoms with Crippen LogP contribution >= 0.6 is 11.6 Å². The molecular weight excluding hydrogens is 468 g/mol. The molecule has 0 fully saturated rings. The zero-order valence-corrected chi connectivity index (χ0v) is 19.2. The highest BCUT2D eigenvalue weighted by Crippen LogP contribution is 2.37. The monoisotopic (exact) mass is 486 g/mol. The van der Waals surface area contributed by atoms with E-state index in [-0.39, 0.29) is 11.6 Å². The van der Waals surface area contributed by atoms with Gasteiger partial charge < -0.3 is 10.6 Å². The Bertz CT molecular complexity index is 1460. The zero-order chi connectivity index (χ0) is 24.5. The van der Waals surface area contributed by atoms with E-state index >= 15 is 0 Å². The van der Waals surface area contributed by atoms with Gasteiger partial charge in [-0.3, -0.25) is 14.9 Å². The number of allylic oxidation sites excluding steroid dienone is 1. The number of non-ortho nitro benzene ring substituents is 1. The van der Waals surface area contributed by atoms with E-state index < -0.39 is 11.0 Å². The van der Waals surface area contributed by atoms with Crippen molar-refractivity contribution in [1.82, 2.24) is 14.8 Å². The highest BCUT2D eigenvalue weighted by Gasteiger charge is 2.34. The number of fused-ring (bicyclic) bond motifs is 1. The minimum atomic E-state index is -0.670. The molecule has 1 amide bonds. The van der Waals surface area contributed by atoms with Gasteiger partial charge in [0.2, 0.25) is 5.95 Å². The smallest absolute Gasteiger partial charge is 0.269 e. The van der Waals surface area contributed by atoms with Crippen molar-refractivity contribution in [3.05, 3.63) is 111 Å². The van der Waals surface area contributed by atoms with Crippen molar-refractivity contribution in [3.63, 3.8) is 0 Å². The van der Waals surface area contributed by atoms with E-state index in [9.17, 15) is 14.9 Å². The molecule has 0 radical (unpaired) electrons. The Morgan fingerprint density at radius 3 is 2.51 bits per heavy atom. The van der Waals surface area contributed by atoms with E-state index in [1.54, 1.807) is 54.1 Å². The van der Waals surface area contributed by atoms with Crippen LogP contribution in [0.4, 0.5) is 17.3 Å². The van der Waals surface area contributed by atoms with E-state index in [4.69, 9.17) is 11.6 Å². The lowest BCUT2D eigenvalue weighted by Crippen LogP contribution is -2.31. The average Bonchev–Trinajstić information content (AvgIpc) is 3.27. The third kappa shape index (κ3) is 4.36. The Hall–Kier alpha value is -4.50. The number of hydrogen-bond acceptors (Lipinski definition) is 6. The summed E-state index contributed by atoms with van der Waals surface area (Å²) in [5.74, 6) is 0.548. The zero-order valence-electron chi connectivity index (χ0n) is 18.5. The fraction of sp³-hybridized carbons (Fsp3) is 0.0800. The molecule has 0 saturated heterocycles. The van der Waals surface area contributed by atoms with E-state index in [1.807, 2.05) is 24.3 Å². The first-order valence-electron chi connectivity index (χ1n) is 10.7. The van der Waals surface area contributed by atoms with Gasteiger partial charge in [-0.2, -0.15) is 4.98 Å². The van der Waals surface area contributed by atoms with Gasteiger partial charge in [0, 0.05) is 34.1 Å². The molecular formula is C25H19ClN6O3. The number of benzene rings is 3. The van der Waals surface area contributed by atoms with Crippen molar-refractivity contribution in [2.45, 2.75) is 13.0 Å². The summed E-state index contributed by atoms with van der Waals surface area (Å²) in [6.07, 6.45) is 0. The number of aromatic nitrogens is 3. The molecule has 2 N–H and O–H groups in total. The van der Waals surface area contributed by atoms with Gasteiger partial charge in [0.25, 0.3) is 11.6 Å². The Balaban J connectivity index is 1.61. The maximum absolute atomic E-state index is 13.5. The number of nitrogens with zero attached hydrogens (tertiary/aromatic N) is 4. The van der Waals surface area contributed by atoms with Crippen LogP contribution in [0.25, 0.3) is 11.4 Å². The molecule has 5 rings (SSSR count). The second-order valence-electron chi connectivity index (χ2n) is 7.95. The van der Waals surface area contributed by atoms with Crippen LogP contribution in [-0.2, 0) is 4.79 Å². The van der Waals surface area contributed by atoms with Crippen molar-refractivity contribution in [3.8, 4) is 11.4 Å². The normalized spacial score (nSPS) is 14.7. The van der Waals surface area contributed by atoms with Crippen LogP contribution in [0.3, 0.4) is 0 Å². The fourth-order valence-electron chi connectivity index (χ4n) is 4.00. The molecule has 1 aliphatic rings. The first-order chi connectivity index (χ1) is 16.9. The topological polar surface area (TPSA) is 115 Å². The maximum atomic E-state index is 13.5. The van der Waals surface area contributed by atoms with Crippen molar-refractivity contribution >= 4 is 34.8 Å². The Morgan fingerprint density at radius 1 is 1.09 bits per heavy atom. The molecule has 9 nitrogen and oxygen atoms in total. The number of hydrogen-bond donors (Lipinski definition) is 2. The van der Waals surface area contributed by atoms with Gasteiger partial charge in [-0.1, -0.05) is 41.9 Å². The minimum Gasteiger partial charge on any atom is -0.328 e. The van der Waals surface area contributed by atoms with Gasteiger partial charge in [-0.15, -0.1) is 5.10 Å². The summed E-state index contributed by atoms with van der Waals surface area (Å²) >= 11 is 6.16. The Kier molecular flexibility index (Phi) is 5.76. The summed E-state index contributed by atoms with van der Waals surface area (Å²) in [6, 6.07) is 21.7. The summed E-state index contributed by atoms with van der Waals surface area (Å²) < 4.78 is 1.62. The lowest BCUT2D eigenvalue weighted by atomic mass is 9.95. The molecule has 35 heavy (non-hydrogen) atoms. The third-order valence-corrected chi connectivity index (χ3v) is 5.87. The van der Waals surface area contributed by atoms with Crippen LogP contribution in [0, 0.1) is 10.1 Å². The Labute approximate surface area is 205 Å². The number of carbonyl (C=O) groups excluding carboxylic acids is 1. The molecule has 4 aromatic rings. The van der Waals surface area contributed by atoms with Crippen LogP contribution in [0.2, 0.25) is 5.02 Å². The largest absolute Gasteiger partial charge is 0.328 e. The van der Waals surface area contributed by atoms with Gasteiger partial charge >= 0.3 is 0 Å². The van der Waals surface area contributed by atoms with Crippen LogP contribution < -0.4 is 10.6 Å². The number of nitro groups is 1. The number of halogens is 1. The van der Waals surface area contributed by atoms with Crippen molar-refractivity contribution in [2.75, 3.05) is 10.6 Å². The first kappa shape index (κ1) is 22.3. The van der Waals surface area contributed by atoms with Gasteiger partial charge in [-0.05, 0) is 48.9 Å². The maximum Gasteiger partial charge on any atom is 0.269 e. The minimum absolute atomic E-state index is 0.0443. The molecule has 0 bridgehead atoms. The van der Waals surface area contributed by atoms with Gasteiger partial charge in [-0.25, -0.2) is 4.68 Å². The summed E-state index contributed by atoms with van der Waals surface area (Å²) in [4.78, 5) is 28.8. The number of anilines is 2. The molecule has 10 heteroatoms. The summed E-state index contributed by atoms with van der Waals surface area (Å²) in [5.41, 5.74) is 2.98. The van der Waals surface area contributed by atoms with Crippen LogP contribution in [-0.4, -0.2) is 25.6 Å². The molecule has 2 heterocycles. The second kappa shape index (κ2) is 9.03. The molecule has 1 atom stereocenters. The quantitative estimate of drug-likeness (QED) is 0.287. The second-order valence-corrected chi connectivity index (χ2v) is 8.39. The number of amides is 1. The predicted molar refractivity (Wildman–Crippen MR) is 133 cm³/mol. The highest BCUT2D eigenvalue weighted by molar-refractivity contribution is 6.30. The van der Waals surface area contributed by atoms with Crippen molar-refractivity contribution in [2.24, 2.45) is 0 Å². The lowest BCUT2D eigenvalue weighted by Gasteiger charge is -2.28. The van der Waals surface area contributed by atoms with Crippen LogP contribution in [0.5, 0.6) is 0 Å². The molecule has 174 valence electrons. The van der Waals surface area contributed by atoms with Crippen LogP contribution in [0.1, 0.15) is 18.5 Å². The van der Waals surface area contributed by atoms with Gasteiger partial charge in [0.05, 0.1) is 10.5 Å². The number of nitrogens with one attached hydrogen (secondary N) is 2. The SMILES string of the molecule is CC1=C(C(=O)Nc2ccccc2)[C@H](c2ccc([N+](=O)[O-])cc2)n2nc(-c3cccc(Cl)c3)nc2N1.